The fraction of sp³-hybridized carbons (Fsp3) is 0. The molecule has 0 fully saturated rings. The van der Waals surface area contributed by atoms with E-state index in [0.717, 1.165) is 116 Å². The lowest BCUT2D eigenvalue weighted by Gasteiger charge is -2.19. The van der Waals surface area contributed by atoms with E-state index < -0.39 is 0 Å². The molecule has 11 aromatic carbocycles. The van der Waals surface area contributed by atoms with Crippen LogP contribution in [0.25, 0.3) is 148 Å². The number of hydrogen-bond donors (Lipinski definition) is 0. The van der Waals surface area contributed by atoms with Crippen molar-refractivity contribution in [2.45, 2.75) is 0 Å². The number of para-hydroxylation sites is 2. The van der Waals surface area contributed by atoms with Gasteiger partial charge in [-0.3, -0.25) is 0 Å². The van der Waals surface area contributed by atoms with E-state index in [9.17, 15) is 10.5 Å². The van der Waals surface area contributed by atoms with Gasteiger partial charge in [-0.05, 0) is 136 Å². The minimum absolute atomic E-state index is 0.396. The van der Waals surface area contributed by atoms with E-state index in [1.54, 1.807) is 12.1 Å². The van der Waals surface area contributed by atoms with Crippen LogP contribution in [-0.2, 0) is 0 Å². The van der Waals surface area contributed by atoms with Crippen LogP contribution in [0.1, 0.15) is 11.1 Å². The molecule has 10 nitrogen and oxygen atoms in total. The zero-order valence-electron chi connectivity index (χ0n) is 44.6. The molecule has 0 unspecified atom stereocenters. The minimum atomic E-state index is 0.396. The molecule has 10 heteroatoms. The molecule has 14 aromatic rings. The summed E-state index contributed by atoms with van der Waals surface area (Å²) in [6, 6.07) is 84.9. The Bertz CT molecular complexity index is 5130. The fourth-order valence-electron chi connectivity index (χ4n) is 11.5. The van der Waals surface area contributed by atoms with Crippen molar-refractivity contribution in [3.63, 3.8) is 0 Å². The molecule has 0 atom stereocenters. The Kier molecular flexibility index (Phi) is 12.2. The van der Waals surface area contributed by atoms with Crippen molar-refractivity contribution >= 4 is 60.7 Å². The molecular formula is C74H40N10. The van der Waals surface area contributed by atoms with Gasteiger partial charge in [-0.15, -0.1) is 0 Å². The maximum Gasteiger partial charge on any atom is 0.189 e. The van der Waals surface area contributed by atoms with Gasteiger partial charge in [-0.25, -0.2) is 29.5 Å². The molecule has 3 heterocycles. The van der Waals surface area contributed by atoms with E-state index in [1.807, 2.05) is 133 Å². The summed E-state index contributed by atoms with van der Waals surface area (Å²) in [7, 11) is 0. The number of nitriles is 2. The predicted octanol–water partition coefficient (Wildman–Crippen LogP) is 19.1. The standard InChI is InChI=1S/C74H40N10/c1-77-57-28-22-48(23-29-57)51-24-30-68(83-66-20-12-10-18-60(66)63-41-52(25-31-69(63)83)55-34-46(44-75)36-58(38-55)78-2)62(40-51)54-27-33-71(65(43-54)74-81-72(49-14-6-4-7-15-49)80-73(82-74)50-16-8-5-9-17-50)84-67-21-13-11-19-61(67)64-42-53(26-32-70(64)84)56-35-47(45-76)37-59(39-56)79-3/h4-43H. The first kappa shape index (κ1) is 49.8. The van der Waals surface area contributed by atoms with Gasteiger partial charge in [0, 0.05) is 54.9 Å². The molecule has 0 aliphatic heterocycles. The Hall–Kier alpha value is -12.5. The SMILES string of the molecule is [C-]#[N+]c1ccc(-c2ccc(-n3c4ccccc4c4cc(-c5cc(C#N)cc([N+]#[C-])c5)ccc43)c(-c3ccc(-n4c5ccccc5c5cc(-c6cc(C#N)cc([N+]#[C-])c6)ccc54)c(-c4nc(-c5ccccc5)nc(-c5ccccc5)n4)c3)c2)cc1. The lowest BCUT2D eigenvalue weighted by Crippen LogP contribution is -2.04. The Morgan fingerprint density at radius 1 is 0.298 bits per heavy atom. The molecule has 84 heavy (non-hydrogen) atoms. The molecule has 0 saturated heterocycles. The molecule has 0 bridgehead atoms. The zero-order valence-corrected chi connectivity index (χ0v) is 44.6. The quantitative estimate of drug-likeness (QED) is 0.134. The Morgan fingerprint density at radius 2 is 0.702 bits per heavy atom. The summed E-state index contributed by atoms with van der Waals surface area (Å²) in [5, 5.41) is 23.9. The van der Waals surface area contributed by atoms with Crippen molar-refractivity contribution in [3.8, 4) is 102 Å². The zero-order chi connectivity index (χ0) is 56.8. The summed E-state index contributed by atoms with van der Waals surface area (Å²) in [5.74, 6) is 1.49. The van der Waals surface area contributed by atoms with E-state index in [0.29, 0.717) is 45.7 Å². The molecule has 0 aliphatic carbocycles. The van der Waals surface area contributed by atoms with Crippen LogP contribution in [0.2, 0.25) is 0 Å². The summed E-state index contributed by atoms with van der Waals surface area (Å²) < 4.78 is 4.58. The number of aromatic nitrogens is 5. The van der Waals surface area contributed by atoms with Crippen LogP contribution in [0, 0.1) is 42.4 Å². The van der Waals surface area contributed by atoms with Gasteiger partial charge in [0.05, 0.1) is 65.3 Å². The third-order valence-electron chi connectivity index (χ3n) is 15.4. The molecule has 0 amide bonds. The van der Waals surface area contributed by atoms with Gasteiger partial charge < -0.3 is 9.13 Å². The van der Waals surface area contributed by atoms with Crippen molar-refractivity contribution < 1.29 is 0 Å². The second-order valence-electron chi connectivity index (χ2n) is 20.3. The van der Waals surface area contributed by atoms with Crippen molar-refractivity contribution in [3.05, 3.63) is 288 Å². The Morgan fingerprint density at radius 3 is 1.20 bits per heavy atom. The van der Waals surface area contributed by atoms with E-state index >= 15 is 0 Å². The first-order valence-electron chi connectivity index (χ1n) is 26.9. The van der Waals surface area contributed by atoms with Crippen molar-refractivity contribution in [1.82, 2.24) is 24.1 Å². The van der Waals surface area contributed by atoms with Crippen molar-refractivity contribution in [2.75, 3.05) is 0 Å². The molecule has 386 valence electrons. The van der Waals surface area contributed by atoms with Gasteiger partial charge >= 0.3 is 0 Å². The molecule has 0 spiro atoms. The third kappa shape index (κ3) is 8.70. The van der Waals surface area contributed by atoms with Crippen LogP contribution < -0.4 is 0 Å². The number of fused-ring (bicyclic) bond motifs is 6. The average molecular weight is 1070 g/mol. The van der Waals surface area contributed by atoms with Crippen LogP contribution in [0.5, 0.6) is 0 Å². The van der Waals surface area contributed by atoms with Crippen molar-refractivity contribution in [1.29, 1.82) is 10.5 Å². The van der Waals surface area contributed by atoms with Gasteiger partial charge in [0.25, 0.3) is 0 Å². The highest BCUT2D eigenvalue weighted by Gasteiger charge is 2.24. The topological polar surface area (TPSA) is 109 Å². The first-order valence-corrected chi connectivity index (χ1v) is 26.9. The molecule has 3 aromatic heterocycles. The van der Waals surface area contributed by atoms with E-state index in [2.05, 4.69) is 133 Å². The molecule has 0 aliphatic rings. The number of nitrogens with zero attached hydrogens (tertiary/aromatic N) is 10. The normalized spacial score (nSPS) is 11.0. The lowest BCUT2D eigenvalue weighted by molar-refractivity contribution is 1.06. The highest BCUT2D eigenvalue weighted by atomic mass is 15.1. The largest absolute Gasteiger partial charge is 0.309 e. The summed E-state index contributed by atoms with van der Waals surface area (Å²) >= 11 is 0. The van der Waals surface area contributed by atoms with Gasteiger partial charge in [-0.2, -0.15) is 10.5 Å². The number of benzene rings is 11. The summed E-state index contributed by atoms with van der Waals surface area (Å²) in [6.07, 6.45) is 0. The van der Waals surface area contributed by atoms with Crippen LogP contribution in [0.3, 0.4) is 0 Å². The van der Waals surface area contributed by atoms with Crippen LogP contribution in [-0.4, -0.2) is 24.1 Å². The minimum Gasteiger partial charge on any atom is -0.309 e. The van der Waals surface area contributed by atoms with Gasteiger partial charge in [0.1, 0.15) is 0 Å². The van der Waals surface area contributed by atoms with E-state index in [4.69, 9.17) is 34.7 Å². The second kappa shape index (κ2) is 20.6. The Balaban J connectivity index is 1.05. The third-order valence-corrected chi connectivity index (χ3v) is 15.4. The monoisotopic (exact) mass is 1070 g/mol. The van der Waals surface area contributed by atoms with Crippen molar-refractivity contribution in [2.24, 2.45) is 0 Å². The number of hydrogen-bond acceptors (Lipinski definition) is 5. The Labute approximate surface area is 483 Å². The fourth-order valence-corrected chi connectivity index (χ4v) is 11.5. The maximum atomic E-state index is 9.96. The smallest absolute Gasteiger partial charge is 0.189 e. The highest BCUT2D eigenvalue weighted by molar-refractivity contribution is 6.12. The molecule has 0 saturated carbocycles. The summed E-state index contributed by atoms with van der Waals surface area (Å²) in [5.41, 5.74) is 17.2. The molecular weight excluding hydrogens is 1030 g/mol. The highest BCUT2D eigenvalue weighted by Crippen LogP contribution is 2.44. The van der Waals surface area contributed by atoms with Gasteiger partial charge in [0.2, 0.25) is 0 Å². The van der Waals surface area contributed by atoms with Crippen LogP contribution >= 0.6 is 0 Å². The van der Waals surface area contributed by atoms with E-state index in [1.165, 1.54) is 0 Å². The van der Waals surface area contributed by atoms with E-state index in [-0.39, 0.29) is 0 Å². The van der Waals surface area contributed by atoms with Gasteiger partial charge in [0.15, 0.2) is 34.5 Å². The first-order chi connectivity index (χ1) is 41.4. The molecule has 14 rings (SSSR count). The maximum absolute atomic E-state index is 9.96. The van der Waals surface area contributed by atoms with Crippen LogP contribution in [0.15, 0.2) is 243 Å². The second-order valence-corrected chi connectivity index (χ2v) is 20.3. The molecule has 0 radical (unpaired) electrons. The number of rotatable bonds is 9. The predicted molar refractivity (Wildman–Crippen MR) is 335 cm³/mol. The molecule has 0 N–H and O–H groups in total. The van der Waals surface area contributed by atoms with Gasteiger partial charge in [-0.1, -0.05) is 146 Å². The average Bonchev–Trinajstić information content (AvgIpc) is 2.14. The summed E-state index contributed by atoms with van der Waals surface area (Å²) in [6.45, 7) is 23.3. The summed E-state index contributed by atoms with van der Waals surface area (Å²) in [4.78, 5) is 27.0. The van der Waals surface area contributed by atoms with Crippen LogP contribution in [0.4, 0.5) is 17.1 Å². The lowest BCUT2D eigenvalue weighted by atomic mass is 9.95.